The number of carbonyl (C=O) groups excluding carboxylic acids is 1. The first-order valence-corrected chi connectivity index (χ1v) is 10.4. The number of para-hydroxylation sites is 2. The van der Waals surface area contributed by atoms with Crippen LogP contribution >= 0.6 is 0 Å². The Labute approximate surface area is 187 Å². The van der Waals surface area contributed by atoms with Crippen molar-refractivity contribution in [3.63, 3.8) is 0 Å². The van der Waals surface area contributed by atoms with Gasteiger partial charge in [-0.2, -0.15) is 10.4 Å². The molecule has 32 heavy (non-hydrogen) atoms. The quantitative estimate of drug-likeness (QED) is 0.481. The molecule has 0 aliphatic carbocycles. The highest BCUT2D eigenvalue weighted by Crippen LogP contribution is 2.23. The second-order valence-corrected chi connectivity index (χ2v) is 7.67. The molecule has 0 fully saturated rings. The number of anilines is 1. The number of hydrogen-bond acceptors (Lipinski definition) is 3. The van der Waals surface area contributed by atoms with E-state index in [4.69, 9.17) is 5.10 Å². The third-order valence-corrected chi connectivity index (χ3v) is 5.13. The van der Waals surface area contributed by atoms with Crippen molar-refractivity contribution in [2.24, 2.45) is 0 Å². The van der Waals surface area contributed by atoms with Crippen molar-refractivity contribution in [1.82, 2.24) is 9.78 Å². The second-order valence-electron chi connectivity index (χ2n) is 7.67. The van der Waals surface area contributed by atoms with E-state index in [9.17, 15) is 10.1 Å². The third-order valence-electron chi connectivity index (χ3n) is 5.13. The Balaban J connectivity index is 1.53. The van der Waals surface area contributed by atoms with Crippen LogP contribution in [0.2, 0.25) is 0 Å². The van der Waals surface area contributed by atoms with E-state index in [0.29, 0.717) is 17.8 Å². The van der Waals surface area contributed by atoms with Gasteiger partial charge in [0.1, 0.15) is 18.3 Å². The normalized spacial score (nSPS) is 11.5. The smallest absolute Gasteiger partial charge is 0.279 e. The number of rotatable bonds is 7. The molecule has 2 N–H and O–H groups in total. The van der Waals surface area contributed by atoms with E-state index < -0.39 is 0 Å². The van der Waals surface area contributed by atoms with Gasteiger partial charge in [0.15, 0.2) is 6.54 Å². The van der Waals surface area contributed by atoms with Crippen LogP contribution in [-0.2, 0) is 11.3 Å². The van der Waals surface area contributed by atoms with Crippen molar-refractivity contribution < 1.29 is 9.69 Å². The van der Waals surface area contributed by atoms with Crippen LogP contribution in [0.5, 0.6) is 0 Å². The summed E-state index contributed by atoms with van der Waals surface area (Å²) in [5.41, 5.74) is 4.98. The van der Waals surface area contributed by atoms with Crippen LogP contribution in [0, 0.1) is 11.3 Å². The summed E-state index contributed by atoms with van der Waals surface area (Å²) in [5.74, 6) is -0.137. The number of likely N-dealkylation sites (N-methyl/N-ethyl adjacent to an activating group) is 1. The zero-order chi connectivity index (χ0) is 22.3. The summed E-state index contributed by atoms with van der Waals surface area (Å²) in [7, 11) is 1.98. The minimum absolute atomic E-state index is 0.137. The van der Waals surface area contributed by atoms with Crippen molar-refractivity contribution >= 4 is 11.6 Å². The number of nitriles is 1. The van der Waals surface area contributed by atoms with Crippen LogP contribution in [-0.4, -0.2) is 29.3 Å². The lowest BCUT2D eigenvalue weighted by Crippen LogP contribution is -3.08. The summed E-state index contributed by atoms with van der Waals surface area (Å²) >= 11 is 0. The Bertz CT molecular complexity index is 1240. The van der Waals surface area contributed by atoms with E-state index in [-0.39, 0.29) is 12.5 Å². The summed E-state index contributed by atoms with van der Waals surface area (Å²) < 4.78 is 1.88. The number of benzene rings is 3. The zero-order valence-corrected chi connectivity index (χ0v) is 17.8. The molecule has 0 saturated carbocycles. The molecule has 1 aromatic heterocycles. The minimum atomic E-state index is -0.137. The minimum Gasteiger partial charge on any atom is -0.326 e. The van der Waals surface area contributed by atoms with Crippen LogP contribution in [0.1, 0.15) is 11.1 Å². The molecule has 4 aromatic rings. The Morgan fingerprint density at radius 1 is 1.00 bits per heavy atom. The molecule has 158 valence electrons. The predicted molar refractivity (Wildman–Crippen MR) is 124 cm³/mol. The van der Waals surface area contributed by atoms with Gasteiger partial charge in [0, 0.05) is 11.8 Å². The van der Waals surface area contributed by atoms with E-state index in [0.717, 1.165) is 27.4 Å². The Morgan fingerprint density at radius 2 is 1.66 bits per heavy atom. The Morgan fingerprint density at radius 3 is 2.38 bits per heavy atom. The predicted octanol–water partition coefficient (Wildman–Crippen LogP) is 3.06. The molecule has 1 unspecified atom stereocenters. The SMILES string of the molecule is C[NH+](CC(=O)Nc1ccccc1C#N)Cc1cn(-c2ccccc2)nc1-c1ccccc1. The lowest BCUT2D eigenvalue weighted by atomic mass is 10.1. The molecule has 0 bridgehead atoms. The molecule has 0 spiro atoms. The fraction of sp³-hybridized carbons (Fsp3) is 0.115. The fourth-order valence-electron chi connectivity index (χ4n) is 3.64. The van der Waals surface area contributed by atoms with E-state index in [1.807, 2.05) is 78.6 Å². The molecule has 1 atom stereocenters. The van der Waals surface area contributed by atoms with Gasteiger partial charge in [0.2, 0.25) is 0 Å². The molecule has 4 rings (SSSR count). The van der Waals surface area contributed by atoms with Crippen LogP contribution in [0.15, 0.2) is 91.1 Å². The van der Waals surface area contributed by atoms with Gasteiger partial charge < -0.3 is 10.2 Å². The van der Waals surface area contributed by atoms with E-state index in [1.54, 1.807) is 24.3 Å². The number of nitrogens with one attached hydrogen (secondary N) is 2. The molecule has 0 aliphatic heterocycles. The standard InChI is InChI=1S/C26H23N5O/c1-30(19-25(32)28-24-15-9-8-12-21(24)16-27)17-22-18-31(23-13-6-3-7-14-23)29-26(22)20-10-4-2-5-11-20/h2-15,18H,17,19H2,1H3,(H,28,32)/p+1. The zero-order valence-electron chi connectivity index (χ0n) is 17.8. The molecule has 6 nitrogen and oxygen atoms in total. The van der Waals surface area contributed by atoms with Gasteiger partial charge in [-0.3, -0.25) is 4.79 Å². The molecule has 0 radical (unpaired) electrons. The van der Waals surface area contributed by atoms with Crippen LogP contribution in [0.25, 0.3) is 16.9 Å². The van der Waals surface area contributed by atoms with E-state index in [2.05, 4.69) is 11.4 Å². The Kier molecular flexibility index (Phi) is 6.40. The maximum Gasteiger partial charge on any atom is 0.279 e. The molecular formula is C26H24N5O+. The fourth-order valence-corrected chi connectivity index (χ4v) is 3.64. The van der Waals surface area contributed by atoms with E-state index >= 15 is 0 Å². The number of hydrogen-bond donors (Lipinski definition) is 2. The number of carbonyl (C=O) groups is 1. The molecule has 1 heterocycles. The average Bonchev–Trinajstić information content (AvgIpc) is 3.24. The van der Waals surface area contributed by atoms with Gasteiger partial charge in [0.05, 0.1) is 29.5 Å². The number of aromatic nitrogens is 2. The molecule has 3 aromatic carbocycles. The van der Waals surface area contributed by atoms with Crippen molar-refractivity contribution in [1.29, 1.82) is 5.26 Å². The van der Waals surface area contributed by atoms with Crippen LogP contribution in [0.3, 0.4) is 0 Å². The lowest BCUT2D eigenvalue weighted by Gasteiger charge is -2.14. The lowest BCUT2D eigenvalue weighted by molar-refractivity contribution is -0.885. The third kappa shape index (κ3) is 4.91. The molecule has 6 heteroatoms. The first kappa shape index (κ1) is 21.0. The molecule has 0 saturated heterocycles. The highest BCUT2D eigenvalue weighted by molar-refractivity contribution is 5.92. The number of quaternary nitrogens is 1. The largest absolute Gasteiger partial charge is 0.326 e. The summed E-state index contributed by atoms with van der Waals surface area (Å²) in [5, 5.41) is 16.9. The molecular weight excluding hydrogens is 398 g/mol. The highest BCUT2D eigenvalue weighted by Gasteiger charge is 2.18. The Hall–Kier alpha value is -4.21. The average molecular weight is 423 g/mol. The monoisotopic (exact) mass is 422 g/mol. The van der Waals surface area contributed by atoms with Crippen molar-refractivity contribution in [2.75, 3.05) is 18.9 Å². The first-order chi connectivity index (χ1) is 15.6. The molecule has 0 aliphatic rings. The van der Waals surface area contributed by atoms with Gasteiger partial charge in [-0.25, -0.2) is 4.68 Å². The van der Waals surface area contributed by atoms with Gasteiger partial charge in [-0.1, -0.05) is 60.7 Å². The van der Waals surface area contributed by atoms with Crippen LogP contribution in [0.4, 0.5) is 5.69 Å². The van der Waals surface area contributed by atoms with E-state index in [1.165, 1.54) is 0 Å². The first-order valence-electron chi connectivity index (χ1n) is 10.4. The maximum atomic E-state index is 12.6. The summed E-state index contributed by atoms with van der Waals surface area (Å²) in [6.07, 6.45) is 2.03. The maximum absolute atomic E-state index is 12.6. The van der Waals surface area contributed by atoms with Crippen LogP contribution < -0.4 is 10.2 Å². The number of amides is 1. The summed E-state index contributed by atoms with van der Waals surface area (Å²) in [4.78, 5) is 13.6. The summed E-state index contributed by atoms with van der Waals surface area (Å²) in [6, 6.07) is 29.2. The van der Waals surface area contributed by atoms with Crippen molar-refractivity contribution in [2.45, 2.75) is 6.54 Å². The molecule has 1 amide bonds. The summed E-state index contributed by atoms with van der Waals surface area (Å²) in [6.45, 7) is 0.898. The second kappa shape index (κ2) is 9.73. The van der Waals surface area contributed by atoms with Crippen molar-refractivity contribution in [3.05, 3.63) is 102 Å². The van der Waals surface area contributed by atoms with Gasteiger partial charge in [-0.15, -0.1) is 0 Å². The number of nitrogens with zero attached hydrogens (tertiary/aromatic N) is 3. The van der Waals surface area contributed by atoms with Crippen molar-refractivity contribution in [3.8, 4) is 23.0 Å². The topological polar surface area (TPSA) is 75.2 Å². The van der Waals surface area contributed by atoms with Gasteiger partial charge >= 0.3 is 0 Å². The van der Waals surface area contributed by atoms with Gasteiger partial charge in [0.25, 0.3) is 5.91 Å². The highest BCUT2D eigenvalue weighted by atomic mass is 16.2. The van der Waals surface area contributed by atoms with Gasteiger partial charge in [-0.05, 0) is 24.3 Å².